The number of rotatable bonds is 5. The molecule has 5 nitrogen and oxygen atoms in total. The summed E-state index contributed by atoms with van der Waals surface area (Å²) in [6.45, 7) is 4.25. The lowest BCUT2D eigenvalue weighted by atomic mass is 10.1. The third-order valence-electron chi connectivity index (χ3n) is 2.78. The zero-order valence-electron chi connectivity index (χ0n) is 10.5. The molecule has 0 spiro atoms. The maximum atomic E-state index is 11.8. The summed E-state index contributed by atoms with van der Waals surface area (Å²) in [4.78, 5) is 24.9. The van der Waals surface area contributed by atoms with E-state index in [9.17, 15) is 9.59 Å². The van der Waals surface area contributed by atoms with Gasteiger partial charge in [-0.2, -0.15) is 0 Å². The Hall–Kier alpha value is -0.810. The number of hydrogen-bond donors (Lipinski definition) is 2. The predicted molar refractivity (Wildman–Crippen MR) is 69.2 cm³/mol. The molecule has 17 heavy (non-hydrogen) atoms. The van der Waals surface area contributed by atoms with Gasteiger partial charge in [-0.3, -0.25) is 9.59 Å². The zero-order chi connectivity index (χ0) is 12.0. The molecule has 1 rings (SSSR count). The highest BCUT2D eigenvalue weighted by Gasteiger charge is 2.25. The molecule has 6 heteroatoms. The van der Waals surface area contributed by atoms with Crippen LogP contribution in [0.1, 0.15) is 26.2 Å². The molecule has 1 aliphatic rings. The van der Waals surface area contributed by atoms with Gasteiger partial charge in [-0.05, 0) is 6.42 Å². The summed E-state index contributed by atoms with van der Waals surface area (Å²) in [6.07, 6.45) is 2.33. The molecule has 0 aromatic heterocycles. The summed E-state index contributed by atoms with van der Waals surface area (Å²) >= 11 is 0. The second kappa shape index (κ2) is 8.31. The molecule has 2 N–H and O–H groups in total. The van der Waals surface area contributed by atoms with Crippen molar-refractivity contribution >= 4 is 24.2 Å². The fraction of sp³-hybridized carbons (Fsp3) is 0.818. The van der Waals surface area contributed by atoms with Crippen LogP contribution in [-0.2, 0) is 9.59 Å². The monoisotopic (exact) mass is 263 g/mol. The molecule has 0 bridgehead atoms. The molecule has 1 fully saturated rings. The lowest BCUT2D eigenvalue weighted by Gasteiger charge is -2.25. The van der Waals surface area contributed by atoms with E-state index in [1.54, 1.807) is 11.9 Å². The number of unbranched alkanes of at least 4 members (excludes halogenated alkanes) is 1. The highest BCUT2D eigenvalue weighted by molar-refractivity contribution is 5.88. The fourth-order valence-corrected chi connectivity index (χ4v) is 1.66. The molecule has 0 aliphatic carbocycles. The van der Waals surface area contributed by atoms with E-state index < -0.39 is 0 Å². The molecule has 1 heterocycles. The van der Waals surface area contributed by atoms with Crippen molar-refractivity contribution in [2.24, 2.45) is 0 Å². The van der Waals surface area contributed by atoms with E-state index in [0.717, 1.165) is 25.9 Å². The Bertz CT molecular complexity index is 261. The molecule has 2 amide bonds. The number of nitrogens with zero attached hydrogens (tertiary/aromatic N) is 1. The lowest BCUT2D eigenvalue weighted by molar-refractivity contribution is -0.134. The minimum atomic E-state index is -0.356. The highest BCUT2D eigenvalue weighted by atomic mass is 35.5. The number of halogens is 1. The van der Waals surface area contributed by atoms with Crippen molar-refractivity contribution in [2.45, 2.75) is 32.2 Å². The largest absolute Gasteiger partial charge is 0.353 e. The summed E-state index contributed by atoms with van der Waals surface area (Å²) in [6, 6.07) is -0.356. The van der Waals surface area contributed by atoms with Crippen molar-refractivity contribution in [1.29, 1.82) is 0 Å². The number of piperazine rings is 1. The van der Waals surface area contributed by atoms with E-state index >= 15 is 0 Å². The Labute approximate surface area is 109 Å². The Morgan fingerprint density at radius 2 is 2.18 bits per heavy atom. The quantitative estimate of drug-likeness (QED) is 0.742. The van der Waals surface area contributed by atoms with Crippen LogP contribution in [-0.4, -0.2) is 49.4 Å². The van der Waals surface area contributed by atoms with E-state index in [1.165, 1.54) is 0 Å². The molecule has 1 atom stereocenters. The second-order valence-corrected chi connectivity index (χ2v) is 4.17. The molecule has 0 aromatic carbocycles. The first kappa shape index (κ1) is 16.2. The summed E-state index contributed by atoms with van der Waals surface area (Å²) in [7, 11) is 1.79. The van der Waals surface area contributed by atoms with E-state index in [1.807, 2.05) is 0 Å². The third kappa shape index (κ3) is 5.37. The van der Waals surface area contributed by atoms with Crippen molar-refractivity contribution in [1.82, 2.24) is 15.5 Å². The SMILES string of the molecule is CCCCN(C)C(=O)CC1NCCNC1=O.Cl. The van der Waals surface area contributed by atoms with Gasteiger partial charge in [0.2, 0.25) is 11.8 Å². The highest BCUT2D eigenvalue weighted by Crippen LogP contribution is 2.01. The Morgan fingerprint density at radius 1 is 1.47 bits per heavy atom. The van der Waals surface area contributed by atoms with Gasteiger partial charge < -0.3 is 15.5 Å². The van der Waals surface area contributed by atoms with Crippen LogP contribution >= 0.6 is 12.4 Å². The first-order valence-corrected chi connectivity index (χ1v) is 5.90. The van der Waals surface area contributed by atoms with E-state index in [4.69, 9.17) is 0 Å². The third-order valence-corrected chi connectivity index (χ3v) is 2.78. The van der Waals surface area contributed by atoms with Crippen LogP contribution in [0, 0.1) is 0 Å². The standard InChI is InChI=1S/C11H21N3O2.ClH/c1-3-4-7-14(2)10(15)8-9-11(16)13-6-5-12-9;/h9,12H,3-8H2,1-2H3,(H,13,16);1H. The van der Waals surface area contributed by atoms with Crippen molar-refractivity contribution in [3.8, 4) is 0 Å². The van der Waals surface area contributed by atoms with Crippen LogP contribution in [0.4, 0.5) is 0 Å². The van der Waals surface area contributed by atoms with Crippen molar-refractivity contribution < 1.29 is 9.59 Å². The van der Waals surface area contributed by atoms with Gasteiger partial charge in [-0.15, -0.1) is 12.4 Å². The van der Waals surface area contributed by atoms with Crippen LogP contribution in [0.25, 0.3) is 0 Å². The molecule has 1 saturated heterocycles. The van der Waals surface area contributed by atoms with Gasteiger partial charge in [-0.1, -0.05) is 13.3 Å². The summed E-state index contributed by atoms with van der Waals surface area (Å²) in [5.41, 5.74) is 0. The molecule has 1 unspecified atom stereocenters. The topological polar surface area (TPSA) is 61.4 Å². The second-order valence-electron chi connectivity index (χ2n) is 4.17. The van der Waals surface area contributed by atoms with Gasteiger partial charge in [0.25, 0.3) is 0 Å². The molecular formula is C11H22ClN3O2. The van der Waals surface area contributed by atoms with Gasteiger partial charge in [-0.25, -0.2) is 0 Å². The van der Waals surface area contributed by atoms with Gasteiger partial charge in [0, 0.05) is 26.7 Å². The normalized spacial score (nSPS) is 19.2. The maximum absolute atomic E-state index is 11.8. The first-order chi connectivity index (χ1) is 7.65. The molecular weight excluding hydrogens is 242 g/mol. The van der Waals surface area contributed by atoms with Gasteiger partial charge in [0.05, 0.1) is 12.5 Å². The molecule has 1 aliphatic heterocycles. The molecule has 0 radical (unpaired) electrons. The number of amides is 2. The van der Waals surface area contributed by atoms with Gasteiger partial charge >= 0.3 is 0 Å². The zero-order valence-corrected chi connectivity index (χ0v) is 11.3. The predicted octanol–water partition coefficient (Wildman–Crippen LogP) is 0.145. The van der Waals surface area contributed by atoms with Crippen molar-refractivity contribution in [3.63, 3.8) is 0 Å². The summed E-state index contributed by atoms with van der Waals surface area (Å²) in [5.74, 6) is -0.0357. The minimum absolute atomic E-state index is 0. The Kier molecular flexibility index (Phi) is 7.91. The fourth-order valence-electron chi connectivity index (χ4n) is 1.66. The Morgan fingerprint density at radius 3 is 2.76 bits per heavy atom. The number of hydrogen-bond acceptors (Lipinski definition) is 3. The van der Waals surface area contributed by atoms with Crippen LogP contribution in [0.3, 0.4) is 0 Å². The average molecular weight is 264 g/mol. The average Bonchev–Trinajstić information content (AvgIpc) is 2.28. The van der Waals surface area contributed by atoms with Crippen molar-refractivity contribution in [2.75, 3.05) is 26.7 Å². The molecule has 100 valence electrons. The van der Waals surface area contributed by atoms with Crippen LogP contribution in [0.15, 0.2) is 0 Å². The summed E-state index contributed by atoms with van der Waals surface area (Å²) < 4.78 is 0. The van der Waals surface area contributed by atoms with Crippen LogP contribution < -0.4 is 10.6 Å². The maximum Gasteiger partial charge on any atom is 0.237 e. The molecule has 0 saturated carbocycles. The minimum Gasteiger partial charge on any atom is -0.353 e. The number of nitrogens with one attached hydrogen (secondary N) is 2. The Balaban J connectivity index is 0.00000256. The lowest BCUT2D eigenvalue weighted by Crippen LogP contribution is -2.54. The van der Waals surface area contributed by atoms with Crippen LogP contribution in [0.2, 0.25) is 0 Å². The van der Waals surface area contributed by atoms with E-state index in [-0.39, 0.29) is 36.7 Å². The number of carbonyl (C=O) groups excluding carboxylic acids is 2. The van der Waals surface area contributed by atoms with Gasteiger partial charge in [0.15, 0.2) is 0 Å². The van der Waals surface area contributed by atoms with Crippen molar-refractivity contribution in [3.05, 3.63) is 0 Å². The first-order valence-electron chi connectivity index (χ1n) is 5.90. The van der Waals surface area contributed by atoms with E-state index in [0.29, 0.717) is 6.54 Å². The smallest absolute Gasteiger partial charge is 0.237 e. The van der Waals surface area contributed by atoms with Gasteiger partial charge in [0.1, 0.15) is 0 Å². The van der Waals surface area contributed by atoms with E-state index in [2.05, 4.69) is 17.6 Å². The number of carbonyl (C=O) groups is 2. The van der Waals surface area contributed by atoms with Crippen LogP contribution in [0.5, 0.6) is 0 Å². The summed E-state index contributed by atoms with van der Waals surface area (Å²) in [5, 5.41) is 5.80. The molecule has 0 aromatic rings.